The van der Waals surface area contributed by atoms with E-state index in [2.05, 4.69) is 121 Å². The number of fused-ring (bicyclic) bond motifs is 13. The summed E-state index contributed by atoms with van der Waals surface area (Å²) in [4.78, 5) is 0. The van der Waals surface area contributed by atoms with Crippen LogP contribution in [0.15, 0.2) is 109 Å². The molecule has 2 aliphatic rings. The van der Waals surface area contributed by atoms with Crippen LogP contribution in [0.4, 0.5) is 0 Å². The van der Waals surface area contributed by atoms with Crippen molar-refractivity contribution in [3.8, 4) is 22.3 Å². The molecular formula is C32H21N. The molecule has 0 radical (unpaired) electrons. The molecule has 1 heterocycles. The van der Waals surface area contributed by atoms with E-state index in [0.29, 0.717) is 0 Å². The van der Waals surface area contributed by atoms with Crippen LogP contribution in [-0.2, 0) is 12.5 Å². The first-order valence-electron chi connectivity index (χ1n) is 11.6. The van der Waals surface area contributed by atoms with Gasteiger partial charge in [0, 0.05) is 28.9 Å². The lowest BCUT2D eigenvalue weighted by molar-refractivity contribution is 0.794. The lowest BCUT2D eigenvalue weighted by Gasteiger charge is -2.30. The van der Waals surface area contributed by atoms with Crippen molar-refractivity contribution < 1.29 is 0 Å². The van der Waals surface area contributed by atoms with Crippen LogP contribution in [-0.4, -0.2) is 4.57 Å². The molecule has 1 spiro atoms. The van der Waals surface area contributed by atoms with Crippen LogP contribution in [0.5, 0.6) is 0 Å². The number of hydrogen-bond donors (Lipinski definition) is 0. The molecule has 33 heavy (non-hydrogen) atoms. The minimum absolute atomic E-state index is 0.274. The van der Waals surface area contributed by atoms with Gasteiger partial charge in [0.1, 0.15) is 0 Å². The van der Waals surface area contributed by atoms with Crippen molar-refractivity contribution in [3.05, 3.63) is 131 Å². The molecule has 8 rings (SSSR count). The molecule has 0 saturated heterocycles. The Morgan fingerprint density at radius 3 is 1.61 bits per heavy atom. The highest BCUT2D eigenvalue weighted by molar-refractivity contribution is 6.11. The van der Waals surface area contributed by atoms with Crippen LogP contribution in [0.1, 0.15) is 22.3 Å². The SMILES string of the molecule is Cn1c2ccccc2c2cc3c(cc21)C1(c2ccccc2-c2ccccc21)c1ccccc1-3. The average molecular weight is 420 g/mol. The number of aromatic nitrogens is 1. The molecule has 6 aromatic rings. The Balaban J connectivity index is 1.62. The maximum atomic E-state index is 2.48. The predicted molar refractivity (Wildman–Crippen MR) is 137 cm³/mol. The number of para-hydroxylation sites is 1. The average Bonchev–Trinajstić information content (AvgIpc) is 3.45. The summed E-state index contributed by atoms with van der Waals surface area (Å²) < 4.78 is 2.36. The second kappa shape index (κ2) is 5.82. The predicted octanol–water partition coefficient (Wildman–Crippen LogP) is 7.68. The van der Waals surface area contributed by atoms with E-state index in [4.69, 9.17) is 0 Å². The molecule has 0 N–H and O–H groups in total. The van der Waals surface area contributed by atoms with Gasteiger partial charge in [-0.05, 0) is 62.7 Å². The summed E-state index contributed by atoms with van der Waals surface area (Å²) in [7, 11) is 2.20. The zero-order valence-corrected chi connectivity index (χ0v) is 18.3. The van der Waals surface area contributed by atoms with Gasteiger partial charge in [-0.2, -0.15) is 0 Å². The quantitative estimate of drug-likeness (QED) is 0.238. The smallest absolute Gasteiger partial charge is 0.0726 e. The van der Waals surface area contributed by atoms with E-state index >= 15 is 0 Å². The lowest BCUT2D eigenvalue weighted by Crippen LogP contribution is -2.25. The van der Waals surface area contributed by atoms with Crippen molar-refractivity contribution >= 4 is 21.8 Å². The minimum Gasteiger partial charge on any atom is -0.344 e. The fourth-order valence-corrected chi connectivity index (χ4v) is 6.74. The van der Waals surface area contributed by atoms with Gasteiger partial charge in [-0.1, -0.05) is 91.0 Å². The van der Waals surface area contributed by atoms with Gasteiger partial charge >= 0.3 is 0 Å². The van der Waals surface area contributed by atoms with E-state index < -0.39 is 0 Å². The van der Waals surface area contributed by atoms with Crippen LogP contribution in [0, 0.1) is 0 Å². The van der Waals surface area contributed by atoms with Crippen molar-refractivity contribution in [2.45, 2.75) is 5.41 Å². The van der Waals surface area contributed by atoms with Crippen LogP contribution in [0.25, 0.3) is 44.1 Å². The van der Waals surface area contributed by atoms with Crippen LogP contribution < -0.4 is 0 Å². The van der Waals surface area contributed by atoms with Gasteiger partial charge in [0.15, 0.2) is 0 Å². The third kappa shape index (κ3) is 1.88. The molecule has 1 heteroatoms. The van der Waals surface area contributed by atoms with Gasteiger partial charge in [-0.15, -0.1) is 0 Å². The molecule has 0 aliphatic heterocycles. The fraction of sp³-hybridized carbons (Fsp3) is 0.0625. The van der Waals surface area contributed by atoms with Gasteiger partial charge in [0.2, 0.25) is 0 Å². The van der Waals surface area contributed by atoms with Gasteiger partial charge in [0.25, 0.3) is 0 Å². The summed E-state index contributed by atoms with van der Waals surface area (Å²) >= 11 is 0. The molecule has 0 atom stereocenters. The Morgan fingerprint density at radius 1 is 0.455 bits per heavy atom. The zero-order chi connectivity index (χ0) is 21.7. The number of nitrogens with zero attached hydrogens (tertiary/aromatic N) is 1. The maximum Gasteiger partial charge on any atom is 0.0726 e. The van der Waals surface area contributed by atoms with Crippen LogP contribution in [0.2, 0.25) is 0 Å². The van der Waals surface area contributed by atoms with E-state index in [9.17, 15) is 0 Å². The fourth-order valence-electron chi connectivity index (χ4n) is 6.74. The number of aryl methyl sites for hydroxylation is 1. The van der Waals surface area contributed by atoms with E-state index in [0.717, 1.165) is 0 Å². The first-order chi connectivity index (χ1) is 16.3. The highest BCUT2D eigenvalue weighted by Crippen LogP contribution is 2.63. The van der Waals surface area contributed by atoms with Crippen molar-refractivity contribution in [2.75, 3.05) is 0 Å². The Kier molecular flexibility index (Phi) is 3.08. The minimum atomic E-state index is -0.274. The van der Waals surface area contributed by atoms with Crippen molar-refractivity contribution in [3.63, 3.8) is 0 Å². The van der Waals surface area contributed by atoms with Crippen molar-refractivity contribution in [2.24, 2.45) is 7.05 Å². The molecule has 0 bridgehead atoms. The molecule has 1 nitrogen and oxygen atoms in total. The first-order valence-corrected chi connectivity index (χ1v) is 11.6. The van der Waals surface area contributed by atoms with Crippen molar-refractivity contribution in [1.29, 1.82) is 0 Å². The maximum absolute atomic E-state index is 2.48. The first kappa shape index (κ1) is 17.5. The highest BCUT2D eigenvalue weighted by atomic mass is 14.9. The Hall–Kier alpha value is -4.10. The summed E-state index contributed by atoms with van der Waals surface area (Å²) in [5.74, 6) is 0. The summed E-state index contributed by atoms with van der Waals surface area (Å²) in [5.41, 5.74) is 13.3. The third-order valence-corrected chi connectivity index (χ3v) is 8.03. The molecule has 1 aromatic heterocycles. The third-order valence-electron chi connectivity index (χ3n) is 8.03. The molecule has 2 aliphatic carbocycles. The van der Waals surface area contributed by atoms with Gasteiger partial charge in [0.05, 0.1) is 5.41 Å². The largest absolute Gasteiger partial charge is 0.344 e. The molecule has 5 aromatic carbocycles. The number of rotatable bonds is 0. The van der Waals surface area contributed by atoms with E-state index in [-0.39, 0.29) is 5.41 Å². The summed E-state index contributed by atoms with van der Waals surface area (Å²) in [6.45, 7) is 0. The molecular weight excluding hydrogens is 398 g/mol. The van der Waals surface area contributed by atoms with E-state index in [1.54, 1.807) is 0 Å². The molecule has 0 unspecified atom stereocenters. The number of hydrogen-bond acceptors (Lipinski definition) is 0. The molecule has 0 fully saturated rings. The summed E-state index contributed by atoms with van der Waals surface area (Å²) in [6.07, 6.45) is 0. The summed E-state index contributed by atoms with van der Waals surface area (Å²) in [5, 5.41) is 2.65. The Bertz CT molecular complexity index is 1740. The van der Waals surface area contributed by atoms with Crippen LogP contribution in [0.3, 0.4) is 0 Å². The molecule has 0 saturated carbocycles. The van der Waals surface area contributed by atoms with Gasteiger partial charge < -0.3 is 4.57 Å². The van der Waals surface area contributed by atoms with E-state index in [1.165, 1.54) is 66.3 Å². The standard InChI is InChI=1S/C32H21N/c1-33-30-17-9-5-13-23(30)25-18-24-22-12-4-8-16-28(22)32(29(24)19-31(25)33)26-14-6-2-10-20(26)21-11-3-7-15-27(21)32/h2-19H,1H3. The van der Waals surface area contributed by atoms with Crippen molar-refractivity contribution in [1.82, 2.24) is 4.57 Å². The highest BCUT2D eigenvalue weighted by Gasteiger charge is 2.51. The molecule has 154 valence electrons. The van der Waals surface area contributed by atoms with Gasteiger partial charge in [-0.25, -0.2) is 0 Å². The Labute approximate surface area is 192 Å². The normalized spacial score (nSPS) is 14.5. The van der Waals surface area contributed by atoms with Gasteiger partial charge in [-0.3, -0.25) is 0 Å². The second-order valence-electron chi connectivity index (χ2n) is 9.38. The molecule has 0 amide bonds. The van der Waals surface area contributed by atoms with E-state index in [1.807, 2.05) is 0 Å². The topological polar surface area (TPSA) is 4.93 Å². The number of benzene rings is 5. The van der Waals surface area contributed by atoms with Crippen LogP contribution >= 0.6 is 0 Å². The zero-order valence-electron chi connectivity index (χ0n) is 18.3. The Morgan fingerprint density at radius 2 is 0.970 bits per heavy atom. The lowest BCUT2D eigenvalue weighted by atomic mass is 9.70. The monoisotopic (exact) mass is 419 g/mol. The summed E-state index contributed by atoms with van der Waals surface area (Å²) in [6, 6.07) is 40.7. The second-order valence-corrected chi connectivity index (χ2v) is 9.38.